The van der Waals surface area contributed by atoms with Crippen molar-refractivity contribution in [2.45, 2.75) is 19.6 Å². The van der Waals surface area contributed by atoms with E-state index >= 15 is 0 Å². The van der Waals surface area contributed by atoms with Gasteiger partial charge >= 0.3 is 0 Å². The van der Waals surface area contributed by atoms with Crippen molar-refractivity contribution in [3.05, 3.63) is 51.9 Å². The Morgan fingerprint density at radius 2 is 1.90 bits per heavy atom. The van der Waals surface area contributed by atoms with Gasteiger partial charge in [0.15, 0.2) is 11.5 Å². The van der Waals surface area contributed by atoms with E-state index < -0.39 is 6.10 Å². The van der Waals surface area contributed by atoms with E-state index in [0.29, 0.717) is 22.8 Å². The van der Waals surface area contributed by atoms with Gasteiger partial charge in [-0.1, -0.05) is 6.07 Å². The number of methoxy groups -OCH3 is 2. The summed E-state index contributed by atoms with van der Waals surface area (Å²) in [6, 6.07) is 8.20. The first-order valence-corrected chi connectivity index (χ1v) is 6.50. The van der Waals surface area contributed by atoms with Gasteiger partial charge in [0.1, 0.15) is 0 Å². The zero-order chi connectivity index (χ0) is 15.4. The number of hydrogen-bond donors (Lipinski definition) is 1. The molecule has 2 aromatic rings. The maximum absolute atomic E-state index is 11.7. The lowest BCUT2D eigenvalue weighted by Gasteiger charge is -2.15. The summed E-state index contributed by atoms with van der Waals surface area (Å²) in [5.74, 6) is 1.11. The highest BCUT2D eigenvalue weighted by Gasteiger charge is 2.13. The van der Waals surface area contributed by atoms with Gasteiger partial charge in [-0.3, -0.25) is 4.79 Å². The predicted molar refractivity (Wildman–Crippen MR) is 77.7 cm³/mol. The van der Waals surface area contributed by atoms with Crippen LogP contribution in [0.25, 0.3) is 0 Å². The van der Waals surface area contributed by atoms with Crippen LogP contribution in [0.4, 0.5) is 0 Å². The third kappa shape index (κ3) is 3.41. The Bertz CT molecular complexity index is 682. The summed E-state index contributed by atoms with van der Waals surface area (Å²) in [4.78, 5) is 11.7. The van der Waals surface area contributed by atoms with Gasteiger partial charge in [0.2, 0.25) is 0 Å². The van der Waals surface area contributed by atoms with E-state index in [0.717, 1.165) is 0 Å². The summed E-state index contributed by atoms with van der Waals surface area (Å²) < 4.78 is 11.6. The Morgan fingerprint density at radius 3 is 2.57 bits per heavy atom. The van der Waals surface area contributed by atoms with Crippen LogP contribution in [0.1, 0.15) is 17.4 Å². The SMILES string of the molecule is COc1ccc(C(O)Cn2nc(C)ccc2=O)cc1OC. The van der Waals surface area contributed by atoms with Crippen LogP contribution in [0.15, 0.2) is 35.1 Å². The van der Waals surface area contributed by atoms with Gasteiger partial charge in [0.05, 0.1) is 32.6 Å². The molecule has 2 rings (SSSR count). The number of rotatable bonds is 5. The van der Waals surface area contributed by atoms with Crippen LogP contribution in [-0.4, -0.2) is 29.1 Å². The molecular weight excluding hydrogens is 272 g/mol. The van der Waals surface area contributed by atoms with E-state index in [1.54, 1.807) is 38.3 Å². The molecule has 0 amide bonds. The maximum atomic E-state index is 11.7. The normalized spacial score (nSPS) is 12.0. The molecule has 1 aromatic carbocycles. The van der Waals surface area contributed by atoms with Gasteiger partial charge in [0.25, 0.3) is 5.56 Å². The molecule has 0 saturated carbocycles. The number of aliphatic hydroxyl groups excluding tert-OH is 1. The van der Waals surface area contributed by atoms with E-state index in [2.05, 4.69) is 5.10 Å². The third-order valence-corrected chi connectivity index (χ3v) is 3.14. The largest absolute Gasteiger partial charge is 0.493 e. The number of aromatic nitrogens is 2. The molecule has 6 heteroatoms. The molecule has 6 nitrogen and oxygen atoms in total. The van der Waals surface area contributed by atoms with Gasteiger partial charge in [-0.15, -0.1) is 0 Å². The molecule has 0 saturated heterocycles. The highest BCUT2D eigenvalue weighted by atomic mass is 16.5. The standard InChI is InChI=1S/C15H18N2O4/c1-10-4-7-15(19)17(16-10)9-12(18)11-5-6-13(20-2)14(8-11)21-3/h4-8,12,18H,9H2,1-3H3. The summed E-state index contributed by atoms with van der Waals surface area (Å²) >= 11 is 0. The van der Waals surface area contributed by atoms with Crippen LogP contribution < -0.4 is 15.0 Å². The van der Waals surface area contributed by atoms with Crippen LogP contribution >= 0.6 is 0 Å². The van der Waals surface area contributed by atoms with E-state index in [-0.39, 0.29) is 12.1 Å². The second-order valence-electron chi connectivity index (χ2n) is 4.63. The van der Waals surface area contributed by atoms with Crippen LogP contribution in [0.2, 0.25) is 0 Å². The number of nitrogens with zero attached hydrogens (tertiary/aromatic N) is 2. The molecule has 1 atom stereocenters. The van der Waals surface area contributed by atoms with E-state index in [4.69, 9.17) is 9.47 Å². The Balaban J connectivity index is 2.26. The Kier molecular flexibility index (Phi) is 4.59. The molecule has 0 aliphatic carbocycles. The van der Waals surface area contributed by atoms with Crippen LogP contribution in [-0.2, 0) is 6.54 Å². The molecule has 1 heterocycles. The van der Waals surface area contributed by atoms with Crippen molar-refractivity contribution in [3.8, 4) is 11.5 Å². The van der Waals surface area contributed by atoms with Gasteiger partial charge in [-0.05, 0) is 30.7 Å². The fourth-order valence-electron chi connectivity index (χ4n) is 2.01. The number of hydrogen-bond acceptors (Lipinski definition) is 5. The minimum absolute atomic E-state index is 0.0794. The number of aliphatic hydroxyl groups is 1. The average Bonchev–Trinajstić information content (AvgIpc) is 2.50. The van der Waals surface area contributed by atoms with Gasteiger partial charge in [-0.25, -0.2) is 4.68 Å². The van der Waals surface area contributed by atoms with Crippen molar-refractivity contribution >= 4 is 0 Å². The average molecular weight is 290 g/mol. The quantitative estimate of drug-likeness (QED) is 0.898. The first-order chi connectivity index (χ1) is 10.0. The third-order valence-electron chi connectivity index (χ3n) is 3.14. The summed E-state index contributed by atoms with van der Waals surface area (Å²) in [6.07, 6.45) is -0.864. The lowest BCUT2D eigenvalue weighted by Crippen LogP contribution is -2.25. The fraction of sp³-hybridized carbons (Fsp3) is 0.333. The molecule has 0 aliphatic heterocycles. The first kappa shape index (κ1) is 15.1. The number of benzene rings is 1. The topological polar surface area (TPSA) is 73.6 Å². The molecule has 1 unspecified atom stereocenters. The Labute approximate surface area is 122 Å². The molecule has 0 radical (unpaired) electrons. The van der Waals surface area contributed by atoms with E-state index in [9.17, 15) is 9.90 Å². The zero-order valence-corrected chi connectivity index (χ0v) is 12.2. The predicted octanol–water partition coefficient (Wildman–Crippen LogP) is 1.30. The monoisotopic (exact) mass is 290 g/mol. The summed E-state index contributed by atoms with van der Waals surface area (Å²) in [6.45, 7) is 1.87. The van der Waals surface area contributed by atoms with Crippen molar-refractivity contribution in [1.82, 2.24) is 9.78 Å². The van der Waals surface area contributed by atoms with Crippen LogP contribution in [0, 0.1) is 6.92 Å². The lowest BCUT2D eigenvalue weighted by atomic mass is 10.1. The maximum Gasteiger partial charge on any atom is 0.266 e. The second-order valence-corrected chi connectivity index (χ2v) is 4.63. The first-order valence-electron chi connectivity index (χ1n) is 6.50. The molecular formula is C15H18N2O4. The number of aryl methyl sites for hydroxylation is 1. The van der Waals surface area contributed by atoms with Crippen LogP contribution in [0.5, 0.6) is 11.5 Å². The Hall–Kier alpha value is -2.34. The van der Waals surface area contributed by atoms with E-state index in [1.807, 2.05) is 0 Å². The molecule has 0 bridgehead atoms. The van der Waals surface area contributed by atoms with Gasteiger partial charge in [0, 0.05) is 6.07 Å². The van der Waals surface area contributed by atoms with Gasteiger partial charge in [-0.2, -0.15) is 5.10 Å². The molecule has 1 aromatic heterocycles. The van der Waals surface area contributed by atoms with Crippen molar-refractivity contribution in [3.63, 3.8) is 0 Å². The van der Waals surface area contributed by atoms with Gasteiger partial charge < -0.3 is 14.6 Å². The molecule has 1 N–H and O–H groups in total. The molecule has 112 valence electrons. The smallest absolute Gasteiger partial charge is 0.266 e. The van der Waals surface area contributed by atoms with Crippen LogP contribution in [0.3, 0.4) is 0 Å². The zero-order valence-electron chi connectivity index (χ0n) is 12.2. The molecule has 21 heavy (non-hydrogen) atoms. The molecule has 0 spiro atoms. The minimum atomic E-state index is -0.864. The Morgan fingerprint density at radius 1 is 1.19 bits per heavy atom. The van der Waals surface area contributed by atoms with Crippen molar-refractivity contribution in [2.75, 3.05) is 14.2 Å². The highest BCUT2D eigenvalue weighted by Crippen LogP contribution is 2.30. The lowest BCUT2D eigenvalue weighted by molar-refractivity contribution is 0.148. The van der Waals surface area contributed by atoms with E-state index in [1.165, 1.54) is 17.9 Å². The summed E-state index contributed by atoms with van der Waals surface area (Å²) in [5.41, 5.74) is 1.09. The summed E-state index contributed by atoms with van der Waals surface area (Å²) in [5, 5.41) is 14.4. The highest BCUT2D eigenvalue weighted by molar-refractivity contribution is 5.43. The van der Waals surface area contributed by atoms with Crippen molar-refractivity contribution < 1.29 is 14.6 Å². The minimum Gasteiger partial charge on any atom is -0.493 e. The number of ether oxygens (including phenoxy) is 2. The van der Waals surface area contributed by atoms with Crippen molar-refractivity contribution in [2.24, 2.45) is 0 Å². The molecule has 0 fully saturated rings. The summed E-state index contributed by atoms with van der Waals surface area (Å²) in [7, 11) is 3.07. The van der Waals surface area contributed by atoms with Crippen molar-refractivity contribution in [1.29, 1.82) is 0 Å². The molecule has 0 aliphatic rings. The second kappa shape index (κ2) is 6.41. The fourth-order valence-corrected chi connectivity index (χ4v) is 2.01.